The first-order chi connectivity index (χ1) is 11.9. The molecule has 3 N–H and O–H groups in total. The second-order valence-corrected chi connectivity index (χ2v) is 5.28. The van der Waals surface area contributed by atoms with Crippen LogP contribution in [-0.2, 0) is 13.0 Å². The molecule has 1 aromatic heterocycles. The van der Waals surface area contributed by atoms with E-state index in [4.69, 9.17) is 5.73 Å². The molecule has 1 heterocycles. The van der Waals surface area contributed by atoms with Crippen LogP contribution in [0.2, 0.25) is 0 Å². The summed E-state index contributed by atoms with van der Waals surface area (Å²) in [4.78, 5) is 7.90. The van der Waals surface area contributed by atoms with Gasteiger partial charge in [0.25, 0.3) is 0 Å². The molecule has 0 amide bonds. The van der Waals surface area contributed by atoms with E-state index in [1.165, 1.54) is 17.8 Å². The van der Waals surface area contributed by atoms with Gasteiger partial charge in [0.2, 0.25) is 5.88 Å². The van der Waals surface area contributed by atoms with Gasteiger partial charge in [-0.15, -0.1) is 0 Å². The quantitative estimate of drug-likeness (QED) is 0.616. The number of aliphatic imine (C=N–C) groups is 1. The molecule has 0 saturated carbocycles. The number of hydrogen-bond acceptors (Lipinski definition) is 3. The molecule has 5 nitrogen and oxygen atoms in total. The molecule has 8 heteroatoms. The summed E-state index contributed by atoms with van der Waals surface area (Å²) in [6.07, 6.45) is -2.09. The third-order valence-corrected chi connectivity index (χ3v) is 3.25. The maximum atomic E-state index is 12.2. The van der Waals surface area contributed by atoms with E-state index >= 15 is 0 Å². The summed E-state index contributed by atoms with van der Waals surface area (Å²) in [6, 6.07) is 10.8. The van der Waals surface area contributed by atoms with Crippen LogP contribution in [0.25, 0.3) is 0 Å². The summed E-state index contributed by atoms with van der Waals surface area (Å²) in [5.41, 5.74) is 8.48. The molecule has 0 saturated heterocycles. The summed E-state index contributed by atoms with van der Waals surface area (Å²) in [7, 11) is 0. The monoisotopic (exact) mass is 352 g/mol. The summed E-state index contributed by atoms with van der Waals surface area (Å²) in [5, 5.41) is 2.96. The maximum absolute atomic E-state index is 12.2. The number of anilines is 1. The smallest absolute Gasteiger partial charge is 0.422 e. The highest BCUT2D eigenvalue weighted by atomic mass is 19.4. The van der Waals surface area contributed by atoms with Gasteiger partial charge < -0.3 is 15.8 Å². The van der Waals surface area contributed by atoms with Crippen molar-refractivity contribution in [1.29, 1.82) is 0 Å². The van der Waals surface area contributed by atoms with E-state index in [0.29, 0.717) is 5.56 Å². The Bertz CT molecular complexity index is 715. The molecule has 0 aliphatic carbocycles. The zero-order valence-electron chi connectivity index (χ0n) is 13.7. The van der Waals surface area contributed by atoms with Gasteiger partial charge in [0.15, 0.2) is 12.6 Å². The van der Waals surface area contributed by atoms with Crippen LogP contribution in [0.15, 0.2) is 47.6 Å². The number of aromatic nitrogens is 1. The van der Waals surface area contributed by atoms with E-state index in [9.17, 15) is 13.2 Å². The van der Waals surface area contributed by atoms with Crippen LogP contribution in [0.3, 0.4) is 0 Å². The first-order valence-electron chi connectivity index (χ1n) is 7.66. The number of nitrogens with two attached hydrogens (primary N) is 1. The van der Waals surface area contributed by atoms with Gasteiger partial charge in [0.1, 0.15) is 0 Å². The fourth-order valence-electron chi connectivity index (χ4n) is 1.97. The molecule has 2 aromatic rings. The molecular formula is C17H19F3N4O. The van der Waals surface area contributed by atoms with Gasteiger partial charge >= 0.3 is 6.18 Å². The Labute approximate surface area is 143 Å². The minimum atomic E-state index is -4.41. The summed E-state index contributed by atoms with van der Waals surface area (Å²) >= 11 is 0. The second kappa shape index (κ2) is 8.36. The molecule has 0 spiro atoms. The third kappa shape index (κ3) is 6.70. The minimum absolute atomic E-state index is 0.105. The van der Waals surface area contributed by atoms with E-state index in [0.717, 1.165) is 12.1 Å². The van der Waals surface area contributed by atoms with Crippen LogP contribution in [0.5, 0.6) is 5.88 Å². The number of benzene rings is 1. The van der Waals surface area contributed by atoms with Crippen LogP contribution in [0.4, 0.5) is 18.9 Å². The molecule has 2 rings (SSSR count). The normalized spacial score (nSPS) is 12.1. The fourth-order valence-corrected chi connectivity index (χ4v) is 1.97. The lowest BCUT2D eigenvalue weighted by Crippen LogP contribution is -2.22. The fraction of sp³-hybridized carbons (Fsp3) is 0.294. The molecule has 0 aliphatic heterocycles. The van der Waals surface area contributed by atoms with Gasteiger partial charge in [-0.2, -0.15) is 13.2 Å². The summed E-state index contributed by atoms with van der Waals surface area (Å²) in [6.45, 7) is 0.876. The largest absolute Gasteiger partial charge is 0.468 e. The Kier molecular flexibility index (Phi) is 6.21. The van der Waals surface area contributed by atoms with Crippen molar-refractivity contribution in [2.75, 3.05) is 11.9 Å². The molecule has 0 fully saturated rings. The molecule has 134 valence electrons. The number of rotatable bonds is 6. The van der Waals surface area contributed by atoms with Crippen molar-refractivity contribution >= 4 is 11.6 Å². The molecular weight excluding hydrogens is 333 g/mol. The standard InChI is InChI=1S/C17H19F3N4O/c1-2-12-3-5-14(6-4-12)24-16(21)23-10-13-7-8-22-15(9-13)25-11-17(18,19)20/h3-9H,2,10-11H2,1H3,(H3,21,23,24). The lowest BCUT2D eigenvalue weighted by atomic mass is 10.1. The number of nitrogens with one attached hydrogen (secondary N) is 1. The second-order valence-electron chi connectivity index (χ2n) is 5.28. The number of alkyl halides is 3. The Morgan fingerprint density at radius 1 is 1.20 bits per heavy atom. The predicted octanol–water partition coefficient (Wildman–Crippen LogP) is 3.51. The van der Waals surface area contributed by atoms with E-state index in [1.807, 2.05) is 24.3 Å². The molecule has 25 heavy (non-hydrogen) atoms. The maximum Gasteiger partial charge on any atom is 0.422 e. The number of ether oxygens (including phenoxy) is 1. The van der Waals surface area contributed by atoms with Crippen molar-refractivity contribution in [2.24, 2.45) is 10.7 Å². The van der Waals surface area contributed by atoms with Crippen LogP contribution in [-0.4, -0.2) is 23.7 Å². The number of nitrogens with zero attached hydrogens (tertiary/aromatic N) is 2. The Morgan fingerprint density at radius 3 is 2.56 bits per heavy atom. The van der Waals surface area contributed by atoms with Crippen molar-refractivity contribution in [3.63, 3.8) is 0 Å². The first kappa shape index (κ1) is 18.6. The Balaban J connectivity index is 1.93. The highest BCUT2D eigenvalue weighted by Crippen LogP contribution is 2.18. The van der Waals surface area contributed by atoms with Crippen LogP contribution < -0.4 is 15.8 Å². The average molecular weight is 352 g/mol. The van der Waals surface area contributed by atoms with E-state index < -0.39 is 12.8 Å². The van der Waals surface area contributed by atoms with E-state index in [-0.39, 0.29) is 18.4 Å². The van der Waals surface area contributed by atoms with Crippen molar-refractivity contribution in [3.8, 4) is 5.88 Å². The van der Waals surface area contributed by atoms with Crippen molar-refractivity contribution in [3.05, 3.63) is 53.7 Å². The van der Waals surface area contributed by atoms with Crippen LogP contribution in [0.1, 0.15) is 18.1 Å². The van der Waals surface area contributed by atoms with Gasteiger partial charge in [-0.1, -0.05) is 19.1 Å². The molecule has 1 aromatic carbocycles. The zero-order valence-corrected chi connectivity index (χ0v) is 13.7. The number of aryl methyl sites for hydroxylation is 1. The highest BCUT2D eigenvalue weighted by Gasteiger charge is 2.28. The Morgan fingerprint density at radius 2 is 1.92 bits per heavy atom. The highest BCUT2D eigenvalue weighted by molar-refractivity contribution is 5.92. The molecule has 0 aliphatic rings. The third-order valence-electron chi connectivity index (χ3n) is 3.25. The van der Waals surface area contributed by atoms with Crippen molar-refractivity contribution in [2.45, 2.75) is 26.1 Å². The van der Waals surface area contributed by atoms with Gasteiger partial charge in [0.05, 0.1) is 6.54 Å². The number of guanidine groups is 1. The lowest BCUT2D eigenvalue weighted by Gasteiger charge is -2.09. The average Bonchev–Trinajstić information content (AvgIpc) is 2.59. The van der Waals surface area contributed by atoms with E-state index in [1.54, 1.807) is 6.07 Å². The van der Waals surface area contributed by atoms with Crippen molar-refractivity contribution < 1.29 is 17.9 Å². The predicted molar refractivity (Wildman–Crippen MR) is 90.6 cm³/mol. The SMILES string of the molecule is CCc1ccc(NC(N)=NCc2ccnc(OCC(F)(F)F)c2)cc1. The lowest BCUT2D eigenvalue weighted by molar-refractivity contribution is -0.154. The topological polar surface area (TPSA) is 72.5 Å². The molecule has 0 radical (unpaired) electrons. The van der Waals surface area contributed by atoms with Gasteiger partial charge in [0, 0.05) is 18.0 Å². The summed E-state index contributed by atoms with van der Waals surface area (Å²) < 4.78 is 41.1. The summed E-state index contributed by atoms with van der Waals surface area (Å²) in [5.74, 6) is 0.102. The van der Waals surface area contributed by atoms with Gasteiger partial charge in [-0.05, 0) is 35.7 Å². The zero-order chi connectivity index (χ0) is 18.3. The van der Waals surface area contributed by atoms with Crippen molar-refractivity contribution in [1.82, 2.24) is 4.98 Å². The van der Waals surface area contributed by atoms with Crippen LogP contribution >= 0.6 is 0 Å². The van der Waals surface area contributed by atoms with E-state index in [2.05, 4.69) is 27.0 Å². The van der Waals surface area contributed by atoms with Gasteiger partial charge in [-0.3, -0.25) is 0 Å². The minimum Gasteiger partial charge on any atom is -0.468 e. The van der Waals surface area contributed by atoms with Gasteiger partial charge in [-0.25, -0.2) is 9.98 Å². The van der Waals surface area contributed by atoms with Crippen LogP contribution in [0, 0.1) is 0 Å². The number of halogens is 3. The molecule has 0 unspecified atom stereocenters. The molecule has 0 bridgehead atoms. The first-order valence-corrected chi connectivity index (χ1v) is 7.66. The number of hydrogen-bond donors (Lipinski definition) is 2. The molecule has 0 atom stereocenters. The Hall–Kier alpha value is -2.77. The number of pyridine rings is 1.